The molecule has 0 bridgehead atoms. The van der Waals surface area contributed by atoms with Crippen molar-refractivity contribution in [1.82, 2.24) is 4.31 Å². The molecule has 1 saturated heterocycles. The van der Waals surface area contributed by atoms with Gasteiger partial charge < -0.3 is 11.1 Å². The fourth-order valence-electron chi connectivity index (χ4n) is 3.17. The molecule has 1 heterocycles. The van der Waals surface area contributed by atoms with Gasteiger partial charge in [0.2, 0.25) is 15.9 Å². The summed E-state index contributed by atoms with van der Waals surface area (Å²) in [6.45, 7) is 0.283. The van der Waals surface area contributed by atoms with Crippen LogP contribution in [0.4, 0.5) is 10.1 Å². The molecule has 28 heavy (non-hydrogen) atoms. The van der Waals surface area contributed by atoms with Crippen molar-refractivity contribution in [3.8, 4) is 0 Å². The first kappa shape index (κ1) is 20.0. The Morgan fingerprint density at radius 3 is 2.46 bits per heavy atom. The number of anilines is 1. The molecule has 2 aromatic rings. The molecule has 148 valence electrons. The molecular formula is C19H20FN3O4S. The lowest BCUT2D eigenvalue weighted by atomic mass is 9.98. The Bertz CT molecular complexity index is 992. The molecule has 0 aliphatic carbocycles. The zero-order chi connectivity index (χ0) is 20.3. The van der Waals surface area contributed by atoms with E-state index >= 15 is 0 Å². The molecule has 0 aromatic heterocycles. The summed E-state index contributed by atoms with van der Waals surface area (Å²) in [5, 5.41) is 2.67. The summed E-state index contributed by atoms with van der Waals surface area (Å²) < 4.78 is 39.9. The Morgan fingerprint density at radius 2 is 1.79 bits per heavy atom. The van der Waals surface area contributed by atoms with Gasteiger partial charge in [0.05, 0.1) is 22.1 Å². The fourth-order valence-corrected chi connectivity index (χ4v) is 4.70. The maximum atomic E-state index is 13.1. The predicted octanol–water partition coefficient (Wildman–Crippen LogP) is 1.96. The minimum absolute atomic E-state index is 0.00425. The molecule has 0 unspecified atom stereocenters. The third-order valence-corrected chi connectivity index (χ3v) is 6.54. The van der Waals surface area contributed by atoms with Crippen molar-refractivity contribution in [3.63, 3.8) is 0 Å². The molecule has 7 nitrogen and oxygen atoms in total. The fraction of sp³-hybridized carbons (Fsp3) is 0.263. The van der Waals surface area contributed by atoms with Gasteiger partial charge in [0.25, 0.3) is 5.91 Å². The zero-order valence-electron chi connectivity index (χ0n) is 15.0. The van der Waals surface area contributed by atoms with E-state index in [1.165, 1.54) is 22.5 Å². The van der Waals surface area contributed by atoms with Crippen molar-refractivity contribution in [2.75, 3.05) is 18.4 Å². The van der Waals surface area contributed by atoms with E-state index in [1.807, 2.05) is 0 Å². The van der Waals surface area contributed by atoms with E-state index in [9.17, 15) is 22.4 Å². The lowest BCUT2D eigenvalue weighted by Gasteiger charge is -2.31. The second kappa shape index (κ2) is 8.07. The number of amides is 2. The highest BCUT2D eigenvalue weighted by atomic mass is 32.2. The lowest BCUT2D eigenvalue weighted by Crippen LogP contribution is -2.43. The van der Waals surface area contributed by atoms with E-state index in [0.717, 1.165) is 12.1 Å². The number of hydrogen-bond acceptors (Lipinski definition) is 4. The van der Waals surface area contributed by atoms with Crippen LogP contribution < -0.4 is 11.1 Å². The molecule has 1 aliphatic heterocycles. The topological polar surface area (TPSA) is 110 Å². The van der Waals surface area contributed by atoms with Gasteiger partial charge in [-0.2, -0.15) is 4.31 Å². The number of hydrogen-bond donors (Lipinski definition) is 2. The molecule has 2 aromatic carbocycles. The Labute approximate surface area is 162 Å². The van der Waals surface area contributed by atoms with E-state index in [-0.39, 0.29) is 29.5 Å². The molecule has 1 fully saturated rings. The van der Waals surface area contributed by atoms with Gasteiger partial charge in [-0.1, -0.05) is 12.1 Å². The average Bonchev–Trinajstić information content (AvgIpc) is 2.68. The van der Waals surface area contributed by atoms with Crippen LogP contribution in [-0.2, 0) is 14.8 Å². The van der Waals surface area contributed by atoms with Crippen molar-refractivity contribution in [1.29, 1.82) is 0 Å². The van der Waals surface area contributed by atoms with Crippen molar-refractivity contribution in [2.45, 2.75) is 17.7 Å². The summed E-state index contributed by atoms with van der Waals surface area (Å²) in [5.41, 5.74) is 5.79. The number of sulfonamides is 1. The first-order chi connectivity index (χ1) is 13.3. The molecule has 0 saturated carbocycles. The van der Waals surface area contributed by atoms with Crippen LogP contribution in [0.25, 0.3) is 0 Å². The number of carbonyl (C=O) groups excluding carboxylic acids is 2. The number of benzene rings is 2. The molecular weight excluding hydrogens is 385 g/mol. The first-order valence-corrected chi connectivity index (χ1v) is 10.2. The van der Waals surface area contributed by atoms with E-state index < -0.39 is 27.7 Å². The van der Waals surface area contributed by atoms with E-state index in [1.54, 1.807) is 18.2 Å². The van der Waals surface area contributed by atoms with Gasteiger partial charge in [-0.15, -0.1) is 0 Å². The Balaban J connectivity index is 1.75. The third kappa shape index (κ3) is 4.20. The van der Waals surface area contributed by atoms with Gasteiger partial charge >= 0.3 is 0 Å². The number of nitrogens with one attached hydrogen (secondary N) is 1. The lowest BCUT2D eigenvalue weighted by molar-refractivity contribution is -0.120. The van der Waals surface area contributed by atoms with E-state index in [0.29, 0.717) is 18.5 Å². The Hall–Kier alpha value is -2.78. The van der Waals surface area contributed by atoms with Crippen LogP contribution in [-0.4, -0.2) is 37.6 Å². The van der Waals surface area contributed by atoms with Crippen LogP contribution in [0.5, 0.6) is 0 Å². The number of para-hydroxylation sites is 1. The van der Waals surface area contributed by atoms with Crippen LogP contribution in [0.1, 0.15) is 23.2 Å². The third-order valence-electron chi connectivity index (χ3n) is 4.66. The summed E-state index contributed by atoms with van der Waals surface area (Å²) in [7, 11) is -3.83. The van der Waals surface area contributed by atoms with Gasteiger partial charge in [-0.3, -0.25) is 9.59 Å². The summed E-state index contributed by atoms with van der Waals surface area (Å²) in [6.07, 6.45) is 1.02. The molecule has 2 amide bonds. The van der Waals surface area contributed by atoms with Gasteiger partial charge in [0.15, 0.2) is 0 Å². The van der Waals surface area contributed by atoms with Crippen LogP contribution in [0.15, 0.2) is 53.4 Å². The molecule has 9 heteroatoms. The van der Waals surface area contributed by atoms with Gasteiger partial charge in [-0.25, -0.2) is 12.8 Å². The monoisotopic (exact) mass is 405 g/mol. The number of nitrogens with two attached hydrogens (primary N) is 1. The number of piperidine rings is 1. The molecule has 1 aliphatic rings. The maximum absolute atomic E-state index is 13.1. The van der Waals surface area contributed by atoms with Gasteiger partial charge in [0.1, 0.15) is 5.82 Å². The summed E-state index contributed by atoms with van der Waals surface area (Å²) in [6, 6.07) is 10.9. The van der Waals surface area contributed by atoms with Crippen LogP contribution in [0.3, 0.4) is 0 Å². The highest BCUT2D eigenvalue weighted by Gasteiger charge is 2.33. The summed E-state index contributed by atoms with van der Waals surface area (Å²) in [5.74, 6) is -2.15. The molecule has 0 spiro atoms. The second-order valence-corrected chi connectivity index (χ2v) is 8.49. The van der Waals surface area contributed by atoms with Crippen LogP contribution in [0.2, 0.25) is 0 Å². The van der Waals surface area contributed by atoms with E-state index in [4.69, 9.17) is 5.73 Å². The molecule has 3 rings (SSSR count). The molecule has 3 N–H and O–H groups in total. The van der Waals surface area contributed by atoms with Crippen molar-refractivity contribution in [2.24, 2.45) is 11.7 Å². The molecule has 0 radical (unpaired) electrons. The van der Waals surface area contributed by atoms with Gasteiger partial charge in [-0.05, 0) is 49.2 Å². The largest absolute Gasteiger partial charge is 0.366 e. The number of carbonyl (C=O) groups is 2. The number of nitrogens with zero attached hydrogens (tertiary/aromatic N) is 1. The summed E-state index contributed by atoms with van der Waals surface area (Å²) in [4.78, 5) is 24.1. The van der Waals surface area contributed by atoms with Crippen molar-refractivity contribution in [3.05, 3.63) is 59.9 Å². The minimum atomic E-state index is -3.83. The van der Waals surface area contributed by atoms with Crippen molar-refractivity contribution < 1.29 is 22.4 Å². The molecule has 1 atom stereocenters. The normalized spacial score (nSPS) is 17.8. The predicted molar refractivity (Wildman–Crippen MR) is 101 cm³/mol. The Morgan fingerprint density at radius 1 is 1.11 bits per heavy atom. The smallest absolute Gasteiger partial charge is 0.250 e. The first-order valence-electron chi connectivity index (χ1n) is 8.74. The van der Waals surface area contributed by atoms with E-state index in [2.05, 4.69) is 5.32 Å². The van der Waals surface area contributed by atoms with Crippen LogP contribution >= 0.6 is 0 Å². The second-order valence-electron chi connectivity index (χ2n) is 6.56. The SMILES string of the molecule is NC(=O)c1ccccc1NC(=O)[C@H]1CCCN(S(=O)(=O)c2ccc(F)cc2)C1. The Kier molecular flexibility index (Phi) is 5.76. The van der Waals surface area contributed by atoms with Crippen LogP contribution in [0, 0.1) is 11.7 Å². The maximum Gasteiger partial charge on any atom is 0.250 e. The average molecular weight is 405 g/mol. The number of halogens is 1. The zero-order valence-corrected chi connectivity index (χ0v) is 15.8. The summed E-state index contributed by atoms with van der Waals surface area (Å²) >= 11 is 0. The number of primary amides is 1. The van der Waals surface area contributed by atoms with Gasteiger partial charge in [0, 0.05) is 13.1 Å². The standard InChI is InChI=1S/C19H20FN3O4S/c20-14-7-9-15(10-8-14)28(26,27)23-11-3-4-13(12-23)19(25)22-17-6-2-1-5-16(17)18(21)24/h1-2,5-10,13H,3-4,11-12H2,(H2,21,24)(H,22,25)/t13-/m0/s1. The quantitative estimate of drug-likeness (QED) is 0.792. The number of rotatable bonds is 5. The highest BCUT2D eigenvalue weighted by Crippen LogP contribution is 2.25. The minimum Gasteiger partial charge on any atom is -0.366 e. The van der Waals surface area contributed by atoms with Crippen molar-refractivity contribution >= 4 is 27.5 Å². The highest BCUT2D eigenvalue weighted by molar-refractivity contribution is 7.89.